The van der Waals surface area contributed by atoms with E-state index in [0.717, 1.165) is 109 Å². The summed E-state index contributed by atoms with van der Waals surface area (Å²) in [7, 11) is 0. The number of allylic oxidation sites excluding steroid dienone is 12. The van der Waals surface area contributed by atoms with Gasteiger partial charge in [-0.15, -0.1) is 0 Å². The van der Waals surface area contributed by atoms with Crippen LogP contribution in [0.25, 0.3) is 0 Å². The average Bonchev–Trinajstić information content (AvgIpc) is 3.49. The third kappa shape index (κ3) is 69.5. The maximum absolute atomic E-state index is 12.9. The van der Waals surface area contributed by atoms with Crippen molar-refractivity contribution >= 4 is 17.9 Å². The van der Waals surface area contributed by atoms with Crippen LogP contribution in [-0.2, 0) is 28.6 Å². The van der Waals surface area contributed by atoms with E-state index in [-0.39, 0.29) is 31.1 Å². The van der Waals surface area contributed by atoms with Gasteiger partial charge in [0.25, 0.3) is 0 Å². The van der Waals surface area contributed by atoms with Crippen molar-refractivity contribution in [2.24, 2.45) is 0 Å². The SMILES string of the molecule is CC/C=C\C/C=C\C/C=C\C/C=C\C/C=C\C/C=C\CCCCCCCCC(=O)OC(COC(=O)CCCCCCCCCC)COC(=O)CCCCCCCCCCCCCCCCCCCCCCCCCCCCCCCCCC. The number of rotatable bonds is 67. The number of unbranched alkanes of at least 4 members (excludes halogenated alkanes) is 44. The Hall–Kier alpha value is -3.15. The molecule has 0 aromatic rings. The second-order valence-electron chi connectivity index (χ2n) is 24.5. The monoisotopic (exact) mass is 1160 g/mol. The molecule has 0 fully saturated rings. The molecule has 482 valence electrons. The molecule has 83 heavy (non-hydrogen) atoms. The lowest BCUT2D eigenvalue weighted by Gasteiger charge is -2.18. The molecule has 0 radical (unpaired) electrons. The van der Waals surface area contributed by atoms with E-state index in [1.165, 1.54) is 231 Å². The lowest BCUT2D eigenvalue weighted by Crippen LogP contribution is -2.30. The molecule has 0 aromatic carbocycles. The van der Waals surface area contributed by atoms with Gasteiger partial charge in [0.2, 0.25) is 0 Å². The van der Waals surface area contributed by atoms with Gasteiger partial charge in [-0.3, -0.25) is 14.4 Å². The number of hydrogen-bond acceptors (Lipinski definition) is 6. The topological polar surface area (TPSA) is 78.9 Å². The van der Waals surface area contributed by atoms with Crippen molar-refractivity contribution in [3.63, 3.8) is 0 Å². The van der Waals surface area contributed by atoms with Crippen molar-refractivity contribution in [1.29, 1.82) is 0 Å². The van der Waals surface area contributed by atoms with E-state index < -0.39 is 6.10 Å². The zero-order valence-electron chi connectivity index (χ0n) is 55.5. The Kier molecular flexibility index (Phi) is 68.6. The van der Waals surface area contributed by atoms with Gasteiger partial charge < -0.3 is 14.2 Å². The fourth-order valence-corrected chi connectivity index (χ4v) is 10.8. The number of hydrogen-bond donors (Lipinski definition) is 0. The molecule has 0 heterocycles. The van der Waals surface area contributed by atoms with Gasteiger partial charge in [-0.1, -0.05) is 363 Å². The molecule has 0 saturated heterocycles. The molecule has 0 aliphatic rings. The first-order valence-electron chi connectivity index (χ1n) is 36.4. The van der Waals surface area contributed by atoms with Crippen LogP contribution in [0.1, 0.15) is 380 Å². The van der Waals surface area contributed by atoms with Crippen LogP contribution in [0.15, 0.2) is 72.9 Å². The highest BCUT2D eigenvalue weighted by atomic mass is 16.6. The number of ether oxygens (including phenoxy) is 3. The first kappa shape index (κ1) is 79.8. The predicted molar refractivity (Wildman–Crippen MR) is 362 cm³/mol. The average molecular weight is 1160 g/mol. The van der Waals surface area contributed by atoms with Crippen LogP contribution in [0, 0.1) is 0 Å². The van der Waals surface area contributed by atoms with Crippen molar-refractivity contribution in [1.82, 2.24) is 0 Å². The molecule has 0 saturated carbocycles. The fraction of sp³-hybridized carbons (Fsp3) is 0.805. The molecule has 1 atom stereocenters. The minimum Gasteiger partial charge on any atom is -0.462 e. The maximum Gasteiger partial charge on any atom is 0.306 e. The van der Waals surface area contributed by atoms with Gasteiger partial charge in [0.15, 0.2) is 6.10 Å². The molecule has 0 aliphatic carbocycles. The first-order valence-corrected chi connectivity index (χ1v) is 36.4. The lowest BCUT2D eigenvalue weighted by molar-refractivity contribution is -0.167. The van der Waals surface area contributed by atoms with Crippen molar-refractivity contribution in [2.45, 2.75) is 386 Å². The van der Waals surface area contributed by atoms with E-state index in [1.807, 2.05) is 0 Å². The molecule has 0 amide bonds. The van der Waals surface area contributed by atoms with Gasteiger partial charge in [-0.25, -0.2) is 0 Å². The highest BCUT2D eigenvalue weighted by Crippen LogP contribution is 2.19. The minimum atomic E-state index is -0.781. The fourth-order valence-electron chi connectivity index (χ4n) is 10.8. The largest absolute Gasteiger partial charge is 0.462 e. The Morgan fingerprint density at radius 1 is 0.253 bits per heavy atom. The Morgan fingerprint density at radius 3 is 0.735 bits per heavy atom. The lowest BCUT2D eigenvalue weighted by atomic mass is 10.0. The van der Waals surface area contributed by atoms with Crippen molar-refractivity contribution in [3.05, 3.63) is 72.9 Å². The number of carbonyl (C=O) groups is 3. The third-order valence-corrected chi connectivity index (χ3v) is 16.2. The zero-order chi connectivity index (χ0) is 59.9. The molecule has 6 nitrogen and oxygen atoms in total. The summed E-state index contributed by atoms with van der Waals surface area (Å²) in [6.07, 6.45) is 94.0. The van der Waals surface area contributed by atoms with Gasteiger partial charge in [0.1, 0.15) is 13.2 Å². The van der Waals surface area contributed by atoms with Crippen LogP contribution in [0.4, 0.5) is 0 Å². The van der Waals surface area contributed by atoms with Crippen LogP contribution in [0.5, 0.6) is 0 Å². The van der Waals surface area contributed by atoms with Gasteiger partial charge in [0, 0.05) is 19.3 Å². The Morgan fingerprint density at radius 2 is 0.470 bits per heavy atom. The number of esters is 3. The van der Waals surface area contributed by atoms with Crippen LogP contribution in [0.2, 0.25) is 0 Å². The summed E-state index contributed by atoms with van der Waals surface area (Å²) in [5, 5.41) is 0. The van der Waals surface area contributed by atoms with Crippen molar-refractivity contribution < 1.29 is 28.6 Å². The Bertz CT molecular complexity index is 1520. The summed E-state index contributed by atoms with van der Waals surface area (Å²) >= 11 is 0. The molecular weight excluding hydrogens is 1020 g/mol. The first-order chi connectivity index (χ1) is 41.0. The third-order valence-electron chi connectivity index (χ3n) is 16.2. The molecule has 1 unspecified atom stereocenters. The molecule has 0 rings (SSSR count). The van der Waals surface area contributed by atoms with Crippen molar-refractivity contribution in [2.75, 3.05) is 13.2 Å². The van der Waals surface area contributed by atoms with E-state index >= 15 is 0 Å². The van der Waals surface area contributed by atoms with Gasteiger partial charge in [0.05, 0.1) is 0 Å². The standard InChI is InChI=1S/C77H138O6/c1-4-7-10-13-16-19-21-23-25-27-29-31-33-35-36-37-38-39-40-41-43-44-46-48-50-52-54-56-58-61-64-67-70-76(79)82-73-74(72-81-75(78)69-66-63-60-18-15-12-9-6-3)83-77(80)71-68-65-62-59-57-55-53-51-49-47-45-42-34-32-30-28-26-24-22-20-17-14-11-8-5-2/h8,11,17,20,24,26,30,32,42,45,49,51,74H,4-7,9-10,12-16,18-19,21-23,25,27-29,31,33-41,43-44,46-48,50,52-73H2,1-3H3/b11-8-,20-17-,26-24-,32-30-,45-42-,51-49-. The van der Waals surface area contributed by atoms with Gasteiger partial charge in [-0.2, -0.15) is 0 Å². The molecule has 0 N–H and O–H groups in total. The molecule has 0 spiro atoms. The van der Waals surface area contributed by atoms with Crippen LogP contribution < -0.4 is 0 Å². The highest BCUT2D eigenvalue weighted by molar-refractivity contribution is 5.71. The number of carbonyl (C=O) groups excluding carboxylic acids is 3. The Labute approximate surface area is 516 Å². The second-order valence-corrected chi connectivity index (χ2v) is 24.5. The zero-order valence-corrected chi connectivity index (χ0v) is 55.5. The van der Waals surface area contributed by atoms with Crippen LogP contribution in [-0.4, -0.2) is 37.2 Å². The van der Waals surface area contributed by atoms with E-state index in [9.17, 15) is 14.4 Å². The minimum absolute atomic E-state index is 0.0774. The summed E-state index contributed by atoms with van der Waals surface area (Å²) in [5.74, 6) is -0.877. The van der Waals surface area contributed by atoms with E-state index in [1.54, 1.807) is 0 Å². The quantitative estimate of drug-likeness (QED) is 0.0261. The molecular formula is C77H138O6. The second kappa shape index (κ2) is 71.3. The maximum atomic E-state index is 12.9. The summed E-state index contributed by atoms with van der Waals surface area (Å²) < 4.78 is 16.9. The van der Waals surface area contributed by atoms with Gasteiger partial charge in [-0.05, 0) is 70.6 Å². The predicted octanol–water partition coefficient (Wildman–Crippen LogP) is 25.2. The molecule has 6 heteroatoms. The Balaban J connectivity index is 4.07. The highest BCUT2D eigenvalue weighted by Gasteiger charge is 2.19. The summed E-state index contributed by atoms with van der Waals surface area (Å²) in [4.78, 5) is 38.3. The normalized spacial score (nSPS) is 12.5. The van der Waals surface area contributed by atoms with Crippen LogP contribution in [0.3, 0.4) is 0 Å². The molecule has 0 aliphatic heterocycles. The van der Waals surface area contributed by atoms with Crippen LogP contribution >= 0.6 is 0 Å². The summed E-state index contributed by atoms with van der Waals surface area (Å²) in [5.41, 5.74) is 0. The van der Waals surface area contributed by atoms with E-state index in [2.05, 4.69) is 93.7 Å². The van der Waals surface area contributed by atoms with E-state index in [4.69, 9.17) is 14.2 Å². The van der Waals surface area contributed by atoms with Crippen molar-refractivity contribution in [3.8, 4) is 0 Å². The molecule has 0 aromatic heterocycles. The molecule has 0 bridgehead atoms. The van der Waals surface area contributed by atoms with E-state index in [0.29, 0.717) is 19.3 Å². The smallest absolute Gasteiger partial charge is 0.306 e. The summed E-state index contributed by atoms with van der Waals surface area (Å²) in [6, 6.07) is 0. The van der Waals surface area contributed by atoms with Gasteiger partial charge >= 0.3 is 17.9 Å². The summed E-state index contributed by atoms with van der Waals surface area (Å²) in [6.45, 7) is 6.54.